The zero-order valence-electron chi connectivity index (χ0n) is 8.97. The van der Waals surface area contributed by atoms with Crippen LogP contribution in [0, 0.1) is 0 Å². The lowest BCUT2D eigenvalue weighted by molar-refractivity contribution is -0.276. The number of ether oxygens (including phenoxy) is 1. The van der Waals surface area contributed by atoms with Gasteiger partial charge in [0.25, 0.3) is 11.7 Å². The number of aromatic nitrogens is 1. The van der Waals surface area contributed by atoms with Crippen LogP contribution in [0.3, 0.4) is 0 Å². The first-order chi connectivity index (χ1) is 8.67. The second kappa shape index (κ2) is 5.66. The van der Waals surface area contributed by atoms with Crippen LogP contribution >= 0.6 is 11.6 Å². The molecule has 10 heteroatoms. The van der Waals surface area contributed by atoms with Crippen molar-refractivity contribution in [3.05, 3.63) is 22.9 Å². The second-order valence-electron chi connectivity index (χ2n) is 3.20. The topological polar surface area (TPSA) is 65.2 Å². The maximum absolute atomic E-state index is 12.8. The van der Waals surface area contributed by atoms with Crippen molar-refractivity contribution in [3.63, 3.8) is 0 Å². The van der Waals surface area contributed by atoms with Crippen LogP contribution in [-0.4, -0.2) is 16.6 Å². The minimum atomic E-state index is -5.23. The Morgan fingerprint density at radius 3 is 2.42 bits per heavy atom. The Bertz CT molecular complexity index is 492. The van der Waals surface area contributed by atoms with Gasteiger partial charge in [-0.1, -0.05) is 0 Å². The van der Waals surface area contributed by atoms with Crippen LogP contribution in [0.1, 0.15) is 27.9 Å². The minimum Gasteiger partial charge on any atom is -0.387 e. The lowest BCUT2D eigenvalue weighted by atomic mass is 10.1. The number of nitrogens with zero attached hydrogens (tertiary/aromatic N) is 1. The molecular formula is C9H6ClF5N2O2. The van der Waals surface area contributed by atoms with Gasteiger partial charge in [-0.05, 0) is 17.2 Å². The lowest BCUT2D eigenvalue weighted by Gasteiger charge is -2.15. The van der Waals surface area contributed by atoms with E-state index in [-0.39, 0.29) is 5.56 Å². The molecule has 0 atom stereocenters. The number of nitrogens with two attached hydrogens (primary N) is 1. The molecule has 106 valence electrons. The van der Waals surface area contributed by atoms with E-state index in [0.717, 1.165) is 6.20 Å². The number of halogens is 6. The molecule has 0 aliphatic rings. The molecule has 0 saturated carbocycles. The Kier molecular flexibility index (Phi) is 4.64. The molecule has 19 heavy (non-hydrogen) atoms. The van der Waals surface area contributed by atoms with E-state index in [1.165, 1.54) is 0 Å². The molecule has 0 fully saturated rings. The second-order valence-corrected chi connectivity index (χ2v) is 3.55. The van der Waals surface area contributed by atoms with Gasteiger partial charge in [0.2, 0.25) is 5.88 Å². The Balaban J connectivity index is 3.49. The summed E-state index contributed by atoms with van der Waals surface area (Å²) in [6.07, 6.45) is -7.94. The molecule has 4 nitrogen and oxygen atoms in total. The van der Waals surface area contributed by atoms with Crippen LogP contribution < -0.4 is 10.5 Å². The highest BCUT2D eigenvalue weighted by Crippen LogP contribution is 2.35. The summed E-state index contributed by atoms with van der Waals surface area (Å²) >= 11 is 5.09. The standard InChI is InChI=1S/C9H6ClF5N2O2/c10-6(18)4-3(1-16)2-17-8(5(4)7(11)12)19-9(13,14)15/h2,7H,1,16H2. The summed E-state index contributed by atoms with van der Waals surface area (Å²) in [5.41, 5.74) is 2.81. The highest BCUT2D eigenvalue weighted by Gasteiger charge is 2.36. The van der Waals surface area contributed by atoms with Crippen LogP contribution in [-0.2, 0) is 6.54 Å². The smallest absolute Gasteiger partial charge is 0.387 e. The van der Waals surface area contributed by atoms with Crippen molar-refractivity contribution in [3.8, 4) is 5.88 Å². The minimum absolute atomic E-state index is 0.204. The molecule has 0 aliphatic heterocycles. The summed E-state index contributed by atoms with van der Waals surface area (Å²) in [7, 11) is 0. The third kappa shape index (κ3) is 3.74. The van der Waals surface area contributed by atoms with Gasteiger partial charge in [0, 0.05) is 12.7 Å². The molecule has 2 N–H and O–H groups in total. The fourth-order valence-corrected chi connectivity index (χ4v) is 1.55. The van der Waals surface area contributed by atoms with Crippen molar-refractivity contribution in [2.75, 3.05) is 0 Å². The van der Waals surface area contributed by atoms with Gasteiger partial charge in [-0.2, -0.15) is 0 Å². The molecule has 0 bridgehead atoms. The largest absolute Gasteiger partial charge is 0.574 e. The van der Waals surface area contributed by atoms with E-state index >= 15 is 0 Å². The lowest BCUT2D eigenvalue weighted by Crippen LogP contribution is -2.21. The molecule has 0 aromatic carbocycles. The molecule has 1 rings (SSSR count). The van der Waals surface area contributed by atoms with Gasteiger partial charge < -0.3 is 10.5 Å². The van der Waals surface area contributed by atoms with Gasteiger partial charge in [-0.25, -0.2) is 13.8 Å². The summed E-state index contributed by atoms with van der Waals surface area (Å²) in [5, 5.41) is -1.37. The predicted octanol–water partition coefficient (Wildman–Crippen LogP) is 2.76. The zero-order valence-corrected chi connectivity index (χ0v) is 9.73. The number of hydrogen-bond acceptors (Lipinski definition) is 4. The first-order valence-electron chi connectivity index (χ1n) is 4.63. The monoisotopic (exact) mass is 304 g/mol. The molecule has 0 radical (unpaired) electrons. The van der Waals surface area contributed by atoms with Crippen LogP contribution in [0.2, 0.25) is 0 Å². The van der Waals surface area contributed by atoms with Crippen LogP contribution in [0.4, 0.5) is 22.0 Å². The van der Waals surface area contributed by atoms with Gasteiger partial charge in [0.1, 0.15) is 0 Å². The number of hydrogen-bond donors (Lipinski definition) is 1. The van der Waals surface area contributed by atoms with E-state index in [9.17, 15) is 26.7 Å². The number of alkyl halides is 5. The van der Waals surface area contributed by atoms with E-state index < -0.39 is 41.6 Å². The summed E-state index contributed by atoms with van der Waals surface area (Å²) in [4.78, 5) is 14.2. The molecular weight excluding hydrogens is 299 g/mol. The van der Waals surface area contributed by atoms with Crippen molar-refractivity contribution >= 4 is 16.8 Å². The Hall–Kier alpha value is -1.48. The highest BCUT2D eigenvalue weighted by atomic mass is 35.5. The van der Waals surface area contributed by atoms with E-state index in [4.69, 9.17) is 17.3 Å². The molecule has 0 aliphatic carbocycles. The average Bonchev–Trinajstić information content (AvgIpc) is 2.25. The quantitative estimate of drug-likeness (QED) is 0.686. The molecule has 0 amide bonds. The first kappa shape index (κ1) is 15.6. The fraction of sp³-hybridized carbons (Fsp3) is 0.333. The highest BCUT2D eigenvalue weighted by molar-refractivity contribution is 6.68. The Labute approximate surface area is 108 Å². The predicted molar refractivity (Wildman–Crippen MR) is 54.0 cm³/mol. The Morgan fingerprint density at radius 2 is 2.05 bits per heavy atom. The van der Waals surface area contributed by atoms with Gasteiger partial charge >= 0.3 is 6.36 Å². The number of carbonyl (C=O) groups is 1. The Morgan fingerprint density at radius 1 is 1.47 bits per heavy atom. The van der Waals surface area contributed by atoms with Crippen molar-refractivity contribution in [2.45, 2.75) is 19.3 Å². The van der Waals surface area contributed by atoms with Crippen molar-refractivity contribution in [2.24, 2.45) is 5.73 Å². The zero-order chi connectivity index (χ0) is 14.8. The summed E-state index contributed by atoms with van der Waals surface area (Å²) in [6, 6.07) is 0. The SMILES string of the molecule is NCc1cnc(OC(F)(F)F)c(C(F)F)c1C(=O)Cl. The molecule has 0 spiro atoms. The number of pyridine rings is 1. The van der Waals surface area contributed by atoms with Gasteiger partial charge in [-0.3, -0.25) is 4.79 Å². The molecule has 1 aromatic rings. The summed E-state index contributed by atoms with van der Waals surface area (Å²) in [6.45, 7) is -0.396. The third-order valence-electron chi connectivity index (χ3n) is 2.01. The molecule has 1 aromatic heterocycles. The average molecular weight is 305 g/mol. The van der Waals surface area contributed by atoms with E-state index in [1.807, 2.05) is 0 Å². The summed E-state index contributed by atoms with van der Waals surface area (Å²) in [5.74, 6) is -1.43. The summed E-state index contributed by atoms with van der Waals surface area (Å²) < 4.78 is 65.1. The third-order valence-corrected chi connectivity index (χ3v) is 2.19. The van der Waals surface area contributed by atoms with Crippen molar-refractivity contribution in [1.29, 1.82) is 0 Å². The maximum Gasteiger partial charge on any atom is 0.574 e. The van der Waals surface area contributed by atoms with Crippen LogP contribution in [0.5, 0.6) is 5.88 Å². The van der Waals surface area contributed by atoms with Crippen molar-refractivity contribution in [1.82, 2.24) is 4.98 Å². The van der Waals surface area contributed by atoms with E-state index in [0.29, 0.717) is 0 Å². The molecule has 1 heterocycles. The van der Waals surface area contributed by atoms with Crippen LogP contribution in [0.15, 0.2) is 6.20 Å². The van der Waals surface area contributed by atoms with Crippen LogP contribution in [0.25, 0.3) is 0 Å². The van der Waals surface area contributed by atoms with E-state index in [2.05, 4.69) is 9.72 Å². The van der Waals surface area contributed by atoms with Gasteiger partial charge in [0.05, 0.1) is 11.1 Å². The van der Waals surface area contributed by atoms with E-state index in [1.54, 1.807) is 0 Å². The van der Waals surface area contributed by atoms with Gasteiger partial charge in [0.15, 0.2) is 0 Å². The normalized spacial score (nSPS) is 11.8. The molecule has 0 saturated heterocycles. The number of rotatable bonds is 4. The fourth-order valence-electron chi connectivity index (χ4n) is 1.33. The van der Waals surface area contributed by atoms with Gasteiger partial charge in [-0.15, -0.1) is 13.2 Å². The van der Waals surface area contributed by atoms with Crippen molar-refractivity contribution < 1.29 is 31.5 Å². The first-order valence-corrected chi connectivity index (χ1v) is 5.00. The maximum atomic E-state index is 12.8. The molecule has 0 unspecified atom stereocenters. The number of carbonyl (C=O) groups excluding carboxylic acids is 1.